The lowest BCUT2D eigenvalue weighted by Crippen LogP contribution is -2.13. The second kappa shape index (κ2) is 8.88. The minimum absolute atomic E-state index is 0.0996. The van der Waals surface area contributed by atoms with Crippen LogP contribution < -0.4 is 5.32 Å². The third kappa shape index (κ3) is 4.27. The molecule has 162 valence electrons. The summed E-state index contributed by atoms with van der Waals surface area (Å²) in [6, 6.07) is 21.1. The molecule has 0 atom stereocenters. The average Bonchev–Trinajstić information content (AvgIpc) is 3.21. The van der Waals surface area contributed by atoms with Gasteiger partial charge in [-0.1, -0.05) is 48.5 Å². The van der Waals surface area contributed by atoms with E-state index < -0.39 is 0 Å². The smallest absolute Gasteiger partial charge is 0.293 e. The lowest BCUT2D eigenvalue weighted by Gasteiger charge is -2.07. The minimum atomic E-state index is -0.249. The fraction of sp³-hybridized carbons (Fsp3) is 0.0800. The lowest BCUT2D eigenvalue weighted by atomic mass is 10.1. The Labute approximate surface area is 188 Å². The van der Waals surface area contributed by atoms with Crippen LogP contribution in [0.15, 0.2) is 79.1 Å². The standard InChI is InChI=1S/C25H19N5O3/c31-16-33-15-22-21-7-3-4-8-23(21)30(29-22)14-20-12-27-24(13-26-20)28-25(32)19-10-9-17-5-1-2-6-18(17)11-19/h1-13,16H,14-15H2,(H,27,28,32). The Bertz CT molecular complexity index is 1460. The van der Waals surface area contributed by atoms with Crippen LogP contribution in [0.4, 0.5) is 5.82 Å². The number of nitrogens with zero attached hydrogens (tertiary/aromatic N) is 4. The van der Waals surface area contributed by atoms with Crippen molar-refractivity contribution in [2.45, 2.75) is 13.2 Å². The van der Waals surface area contributed by atoms with Crippen LogP contribution in [0, 0.1) is 0 Å². The van der Waals surface area contributed by atoms with Gasteiger partial charge in [-0.15, -0.1) is 0 Å². The number of nitrogens with one attached hydrogen (secondary N) is 1. The predicted octanol–water partition coefficient (Wildman–Crippen LogP) is 3.95. The van der Waals surface area contributed by atoms with Gasteiger partial charge in [0.15, 0.2) is 5.82 Å². The molecule has 2 heterocycles. The number of aromatic nitrogens is 4. The molecule has 0 bridgehead atoms. The second-order valence-corrected chi connectivity index (χ2v) is 7.44. The number of ether oxygens (including phenoxy) is 1. The third-order valence-corrected chi connectivity index (χ3v) is 5.29. The van der Waals surface area contributed by atoms with E-state index in [0.29, 0.717) is 35.8 Å². The lowest BCUT2D eigenvalue weighted by molar-refractivity contribution is -0.129. The van der Waals surface area contributed by atoms with Crippen LogP contribution >= 0.6 is 0 Å². The molecule has 0 spiro atoms. The highest BCUT2D eigenvalue weighted by atomic mass is 16.5. The van der Waals surface area contributed by atoms with Crippen molar-refractivity contribution < 1.29 is 14.3 Å². The normalized spacial score (nSPS) is 10.9. The van der Waals surface area contributed by atoms with E-state index in [0.717, 1.165) is 21.7 Å². The summed E-state index contributed by atoms with van der Waals surface area (Å²) in [4.78, 5) is 32.0. The first-order valence-corrected chi connectivity index (χ1v) is 10.3. The summed E-state index contributed by atoms with van der Waals surface area (Å²) in [7, 11) is 0. The van der Waals surface area contributed by atoms with Crippen molar-refractivity contribution in [2.24, 2.45) is 0 Å². The van der Waals surface area contributed by atoms with E-state index in [1.807, 2.05) is 60.7 Å². The minimum Gasteiger partial charge on any atom is -0.461 e. The first-order valence-electron chi connectivity index (χ1n) is 10.3. The maximum absolute atomic E-state index is 12.6. The van der Waals surface area contributed by atoms with Gasteiger partial charge in [-0.25, -0.2) is 4.98 Å². The molecule has 8 nitrogen and oxygen atoms in total. The molecule has 2 aromatic heterocycles. The number of fused-ring (bicyclic) bond motifs is 2. The SMILES string of the molecule is O=COCc1nn(Cc2cnc(NC(=O)c3ccc4ccccc4c3)cn2)c2ccccc12. The van der Waals surface area contributed by atoms with Crippen molar-refractivity contribution in [3.05, 3.63) is 96.1 Å². The van der Waals surface area contributed by atoms with Gasteiger partial charge in [-0.2, -0.15) is 5.10 Å². The van der Waals surface area contributed by atoms with Crippen molar-refractivity contribution >= 4 is 39.9 Å². The van der Waals surface area contributed by atoms with Gasteiger partial charge in [0.05, 0.1) is 30.1 Å². The van der Waals surface area contributed by atoms with E-state index in [9.17, 15) is 9.59 Å². The molecule has 3 aromatic carbocycles. The van der Waals surface area contributed by atoms with E-state index in [2.05, 4.69) is 20.4 Å². The largest absolute Gasteiger partial charge is 0.461 e. The molecule has 8 heteroatoms. The number of rotatable bonds is 7. The Balaban J connectivity index is 1.31. The topological polar surface area (TPSA) is 99.0 Å². The molecule has 0 unspecified atom stereocenters. The van der Waals surface area contributed by atoms with Crippen molar-refractivity contribution in [2.75, 3.05) is 5.32 Å². The highest BCUT2D eigenvalue weighted by Crippen LogP contribution is 2.20. The molecule has 1 amide bonds. The van der Waals surface area contributed by atoms with Crippen LogP contribution in [0.2, 0.25) is 0 Å². The van der Waals surface area contributed by atoms with E-state index >= 15 is 0 Å². The summed E-state index contributed by atoms with van der Waals surface area (Å²) in [6.45, 7) is 0.889. The molecular formula is C25H19N5O3. The van der Waals surface area contributed by atoms with Gasteiger partial charge in [-0.05, 0) is 29.0 Å². The van der Waals surface area contributed by atoms with Crippen LogP contribution in [-0.4, -0.2) is 32.1 Å². The molecular weight excluding hydrogens is 418 g/mol. The maximum atomic E-state index is 12.6. The molecule has 0 aliphatic carbocycles. The van der Waals surface area contributed by atoms with Crippen molar-refractivity contribution in [1.29, 1.82) is 0 Å². The van der Waals surface area contributed by atoms with Crippen LogP contribution in [0.25, 0.3) is 21.7 Å². The first-order chi connectivity index (χ1) is 16.2. The summed E-state index contributed by atoms with van der Waals surface area (Å²) in [5.74, 6) is 0.114. The number of anilines is 1. The zero-order valence-electron chi connectivity index (χ0n) is 17.5. The molecule has 0 aliphatic rings. The van der Waals surface area contributed by atoms with Crippen molar-refractivity contribution in [3.63, 3.8) is 0 Å². The van der Waals surface area contributed by atoms with Crippen LogP contribution in [0.1, 0.15) is 21.7 Å². The van der Waals surface area contributed by atoms with E-state index in [1.54, 1.807) is 16.9 Å². The average molecular weight is 437 g/mol. The van der Waals surface area contributed by atoms with Gasteiger partial charge in [-0.3, -0.25) is 19.3 Å². The quantitative estimate of drug-likeness (QED) is 0.387. The van der Waals surface area contributed by atoms with Gasteiger partial charge in [0, 0.05) is 10.9 Å². The third-order valence-electron chi connectivity index (χ3n) is 5.29. The molecule has 0 aliphatic heterocycles. The van der Waals surface area contributed by atoms with Crippen LogP contribution in [-0.2, 0) is 22.7 Å². The van der Waals surface area contributed by atoms with Crippen molar-refractivity contribution in [3.8, 4) is 0 Å². The number of benzene rings is 3. The Hall–Kier alpha value is -4.59. The fourth-order valence-electron chi connectivity index (χ4n) is 3.71. The first kappa shape index (κ1) is 20.3. The summed E-state index contributed by atoms with van der Waals surface area (Å²) in [5.41, 5.74) is 2.80. The molecule has 0 radical (unpaired) electrons. The number of carbonyl (C=O) groups is 2. The molecule has 1 N–H and O–H groups in total. The van der Waals surface area contributed by atoms with Gasteiger partial charge in [0.25, 0.3) is 12.4 Å². The molecule has 5 aromatic rings. The van der Waals surface area contributed by atoms with Gasteiger partial charge in [0.1, 0.15) is 12.3 Å². The number of carbonyl (C=O) groups excluding carboxylic acids is 2. The van der Waals surface area contributed by atoms with Crippen molar-refractivity contribution in [1.82, 2.24) is 19.7 Å². The molecule has 5 rings (SSSR count). The molecule has 0 saturated heterocycles. The highest BCUT2D eigenvalue weighted by molar-refractivity contribution is 6.06. The van der Waals surface area contributed by atoms with Gasteiger partial charge in [0.2, 0.25) is 0 Å². The molecule has 33 heavy (non-hydrogen) atoms. The predicted molar refractivity (Wildman–Crippen MR) is 124 cm³/mol. The van der Waals surface area contributed by atoms with E-state index in [4.69, 9.17) is 4.74 Å². The number of amides is 1. The van der Waals surface area contributed by atoms with Gasteiger partial charge >= 0.3 is 0 Å². The Morgan fingerprint density at radius 2 is 1.79 bits per heavy atom. The number of para-hydroxylation sites is 1. The second-order valence-electron chi connectivity index (χ2n) is 7.44. The number of hydrogen-bond donors (Lipinski definition) is 1. The fourth-order valence-corrected chi connectivity index (χ4v) is 3.71. The van der Waals surface area contributed by atoms with E-state index in [1.165, 1.54) is 6.20 Å². The van der Waals surface area contributed by atoms with Crippen LogP contribution in [0.3, 0.4) is 0 Å². The zero-order valence-corrected chi connectivity index (χ0v) is 17.5. The van der Waals surface area contributed by atoms with E-state index in [-0.39, 0.29) is 12.5 Å². The van der Waals surface area contributed by atoms with Gasteiger partial charge < -0.3 is 10.1 Å². The maximum Gasteiger partial charge on any atom is 0.293 e. The summed E-state index contributed by atoms with van der Waals surface area (Å²) in [5, 5.41) is 10.3. The Morgan fingerprint density at radius 1 is 0.970 bits per heavy atom. The summed E-state index contributed by atoms with van der Waals surface area (Å²) >= 11 is 0. The highest BCUT2D eigenvalue weighted by Gasteiger charge is 2.12. The number of hydrogen-bond acceptors (Lipinski definition) is 6. The Morgan fingerprint density at radius 3 is 2.61 bits per heavy atom. The zero-order chi connectivity index (χ0) is 22.6. The summed E-state index contributed by atoms with van der Waals surface area (Å²) < 4.78 is 6.67. The van der Waals surface area contributed by atoms with Crippen LogP contribution in [0.5, 0.6) is 0 Å². The summed E-state index contributed by atoms with van der Waals surface area (Å²) in [6.07, 6.45) is 3.13. The monoisotopic (exact) mass is 437 g/mol. The molecule has 0 saturated carbocycles. The Kier molecular flexibility index (Phi) is 5.47. The molecule has 0 fully saturated rings.